The summed E-state index contributed by atoms with van der Waals surface area (Å²) in [5.41, 5.74) is -0.417. The van der Waals surface area contributed by atoms with E-state index in [2.05, 4.69) is 33.0 Å². The molecule has 2 rings (SSSR count). The van der Waals surface area contributed by atoms with Gasteiger partial charge in [0, 0.05) is 25.6 Å². The number of rotatable bonds is 3. The van der Waals surface area contributed by atoms with Crippen molar-refractivity contribution < 1.29 is 9.59 Å². The highest BCUT2D eigenvalue weighted by Gasteiger charge is 2.50. The topological polar surface area (TPSA) is 49.4 Å². The maximum Gasteiger partial charge on any atom is 0.226 e. The third-order valence-electron chi connectivity index (χ3n) is 5.38. The van der Waals surface area contributed by atoms with Gasteiger partial charge in [0.05, 0.1) is 5.41 Å². The summed E-state index contributed by atoms with van der Waals surface area (Å²) in [5, 5.41) is 2.99. The molecule has 4 nitrogen and oxygen atoms in total. The molecule has 2 heterocycles. The van der Waals surface area contributed by atoms with Crippen molar-refractivity contribution in [3.8, 4) is 0 Å². The fourth-order valence-corrected chi connectivity index (χ4v) is 3.47. The van der Waals surface area contributed by atoms with Gasteiger partial charge in [-0.25, -0.2) is 0 Å². The van der Waals surface area contributed by atoms with Crippen molar-refractivity contribution in [3.05, 3.63) is 0 Å². The molecule has 0 bridgehead atoms. The first-order chi connectivity index (χ1) is 8.78. The van der Waals surface area contributed by atoms with Crippen LogP contribution in [-0.4, -0.2) is 35.8 Å². The van der Waals surface area contributed by atoms with Crippen LogP contribution in [0.5, 0.6) is 0 Å². The molecule has 2 fully saturated rings. The molecule has 19 heavy (non-hydrogen) atoms. The summed E-state index contributed by atoms with van der Waals surface area (Å²) in [4.78, 5) is 26.1. The van der Waals surface area contributed by atoms with Crippen LogP contribution in [0, 0.1) is 10.8 Å². The predicted molar refractivity (Wildman–Crippen MR) is 74.5 cm³/mol. The number of nitrogens with zero attached hydrogens (tertiary/aromatic N) is 1. The van der Waals surface area contributed by atoms with E-state index in [1.165, 1.54) is 0 Å². The fourth-order valence-electron chi connectivity index (χ4n) is 3.47. The second-order valence-electron chi connectivity index (χ2n) is 6.97. The lowest BCUT2D eigenvalue weighted by atomic mass is 9.60. The Bertz CT molecular complexity index is 392. The molecule has 0 aromatic carbocycles. The Balaban J connectivity index is 2.14. The van der Waals surface area contributed by atoms with E-state index in [0.717, 1.165) is 32.4 Å². The van der Waals surface area contributed by atoms with Crippen LogP contribution in [-0.2, 0) is 9.59 Å². The van der Waals surface area contributed by atoms with Gasteiger partial charge in [0.25, 0.3) is 0 Å². The second kappa shape index (κ2) is 4.80. The first-order valence-corrected chi connectivity index (χ1v) is 7.36. The minimum Gasteiger partial charge on any atom is -0.356 e. The van der Waals surface area contributed by atoms with Gasteiger partial charge in [-0.2, -0.15) is 0 Å². The zero-order valence-corrected chi connectivity index (χ0v) is 12.6. The zero-order valence-electron chi connectivity index (χ0n) is 12.6. The molecule has 2 amide bonds. The molecular formula is C15H26N2O2. The Morgan fingerprint density at radius 1 is 1.32 bits per heavy atom. The summed E-state index contributed by atoms with van der Waals surface area (Å²) in [6.07, 6.45) is 3.36. The molecule has 2 aliphatic rings. The van der Waals surface area contributed by atoms with Gasteiger partial charge in [-0.1, -0.05) is 20.8 Å². The lowest BCUT2D eigenvalue weighted by molar-refractivity contribution is -0.145. The number of amides is 2. The van der Waals surface area contributed by atoms with E-state index in [1.54, 1.807) is 0 Å². The van der Waals surface area contributed by atoms with Gasteiger partial charge in [-0.05, 0) is 31.6 Å². The normalized spacial score (nSPS) is 32.3. The molecule has 1 N–H and O–H groups in total. The average molecular weight is 266 g/mol. The lowest BCUT2D eigenvalue weighted by Gasteiger charge is -2.48. The number of piperidine rings is 1. The van der Waals surface area contributed by atoms with E-state index >= 15 is 0 Å². The number of hydrogen-bond acceptors (Lipinski definition) is 2. The molecule has 2 aliphatic heterocycles. The maximum absolute atomic E-state index is 12.3. The Hall–Kier alpha value is -1.06. The van der Waals surface area contributed by atoms with Crippen molar-refractivity contribution in [1.82, 2.24) is 10.2 Å². The number of carbonyl (C=O) groups is 2. The van der Waals surface area contributed by atoms with E-state index < -0.39 is 5.41 Å². The quantitative estimate of drug-likeness (QED) is 0.848. The monoisotopic (exact) mass is 266 g/mol. The zero-order chi connectivity index (χ0) is 14.3. The summed E-state index contributed by atoms with van der Waals surface area (Å²) >= 11 is 0. The van der Waals surface area contributed by atoms with Crippen molar-refractivity contribution in [2.75, 3.05) is 13.1 Å². The number of carbonyl (C=O) groups excluding carboxylic acids is 2. The molecule has 4 heteroatoms. The molecule has 0 spiro atoms. The minimum atomic E-state index is -0.395. The van der Waals surface area contributed by atoms with Crippen molar-refractivity contribution in [2.24, 2.45) is 10.8 Å². The predicted octanol–water partition coefficient (Wildman–Crippen LogP) is 1.94. The molecule has 0 aliphatic carbocycles. The molecule has 108 valence electrons. The van der Waals surface area contributed by atoms with Gasteiger partial charge in [0.2, 0.25) is 11.8 Å². The maximum atomic E-state index is 12.3. The summed E-state index contributed by atoms with van der Waals surface area (Å²) in [5.74, 6) is 0.382. The summed E-state index contributed by atoms with van der Waals surface area (Å²) in [7, 11) is 0. The smallest absolute Gasteiger partial charge is 0.226 e. The van der Waals surface area contributed by atoms with E-state index in [9.17, 15) is 9.59 Å². The van der Waals surface area contributed by atoms with Gasteiger partial charge in [-0.15, -0.1) is 0 Å². The molecule has 0 saturated carbocycles. The average Bonchev–Trinajstić information content (AvgIpc) is 2.73. The van der Waals surface area contributed by atoms with E-state index in [4.69, 9.17) is 0 Å². The first-order valence-electron chi connectivity index (χ1n) is 7.36. The summed E-state index contributed by atoms with van der Waals surface area (Å²) in [6.45, 7) is 10.1. The third kappa shape index (κ3) is 2.37. The fraction of sp³-hybridized carbons (Fsp3) is 0.867. The van der Waals surface area contributed by atoms with Gasteiger partial charge in [0.1, 0.15) is 0 Å². The molecular weight excluding hydrogens is 240 g/mol. The second-order valence-corrected chi connectivity index (χ2v) is 6.97. The summed E-state index contributed by atoms with van der Waals surface area (Å²) < 4.78 is 0. The Kier molecular flexibility index (Phi) is 3.63. The SMILES string of the molecule is CC(CC1(C)C(=O)NCCC1(C)C)N1CCCC1=O. The van der Waals surface area contributed by atoms with Crippen LogP contribution in [0.1, 0.15) is 53.4 Å². The van der Waals surface area contributed by atoms with Crippen molar-refractivity contribution >= 4 is 11.8 Å². The van der Waals surface area contributed by atoms with Gasteiger partial charge >= 0.3 is 0 Å². The molecule has 2 unspecified atom stereocenters. The number of hydrogen-bond donors (Lipinski definition) is 1. The van der Waals surface area contributed by atoms with Crippen LogP contribution in [0.25, 0.3) is 0 Å². The standard InChI is InChI=1S/C15H26N2O2/c1-11(17-9-5-6-12(17)18)10-15(4)13(19)16-8-7-14(15,2)3/h11H,5-10H2,1-4H3,(H,16,19). The van der Waals surface area contributed by atoms with Crippen LogP contribution in [0.15, 0.2) is 0 Å². The molecule has 0 aromatic heterocycles. The lowest BCUT2D eigenvalue weighted by Crippen LogP contribution is -2.56. The van der Waals surface area contributed by atoms with Crippen LogP contribution in [0.3, 0.4) is 0 Å². The Morgan fingerprint density at radius 3 is 2.53 bits per heavy atom. The molecule has 2 atom stereocenters. The highest BCUT2D eigenvalue weighted by Crippen LogP contribution is 2.47. The van der Waals surface area contributed by atoms with Crippen molar-refractivity contribution in [2.45, 2.75) is 59.4 Å². The van der Waals surface area contributed by atoms with Crippen molar-refractivity contribution in [3.63, 3.8) is 0 Å². The highest BCUT2D eigenvalue weighted by molar-refractivity contribution is 5.84. The Morgan fingerprint density at radius 2 is 2.00 bits per heavy atom. The van der Waals surface area contributed by atoms with Gasteiger partial charge < -0.3 is 10.2 Å². The minimum absolute atomic E-state index is 0.0215. The van der Waals surface area contributed by atoms with Gasteiger partial charge in [-0.3, -0.25) is 9.59 Å². The molecule has 0 aromatic rings. The van der Waals surface area contributed by atoms with Crippen LogP contribution < -0.4 is 5.32 Å². The third-order valence-corrected chi connectivity index (χ3v) is 5.38. The van der Waals surface area contributed by atoms with E-state index in [1.807, 2.05) is 4.90 Å². The van der Waals surface area contributed by atoms with E-state index in [0.29, 0.717) is 6.42 Å². The summed E-state index contributed by atoms with van der Waals surface area (Å²) in [6, 6.07) is 0.142. The van der Waals surface area contributed by atoms with Gasteiger partial charge in [0.15, 0.2) is 0 Å². The largest absolute Gasteiger partial charge is 0.356 e. The van der Waals surface area contributed by atoms with Crippen LogP contribution in [0.2, 0.25) is 0 Å². The van der Waals surface area contributed by atoms with Crippen LogP contribution in [0.4, 0.5) is 0 Å². The molecule has 0 radical (unpaired) electrons. The molecule has 2 saturated heterocycles. The first kappa shape index (κ1) is 14.4. The highest BCUT2D eigenvalue weighted by atomic mass is 16.2. The van der Waals surface area contributed by atoms with Crippen LogP contribution >= 0.6 is 0 Å². The number of nitrogens with one attached hydrogen (secondary N) is 1. The number of likely N-dealkylation sites (tertiary alicyclic amines) is 1. The van der Waals surface area contributed by atoms with E-state index in [-0.39, 0.29) is 23.3 Å². The van der Waals surface area contributed by atoms with Crippen molar-refractivity contribution in [1.29, 1.82) is 0 Å². The Labute approximate surface area is 115 Å².